The molecule has 2 N–H and O–H groups in total. The lowest BCUT2D eigenvalue weighted by Crippen LogP contribution is -2.05. The molecule has 0 fully saturated rings. The van der Waals surface area contributed by atoms with Crippen LogP contribution in [0.2, 0.25) is 5.02 Å². The maximum Gasteiger partial charge on any atom is 0.339 e. The molecule has 4 nitrogen and oxygen atoms in total. The molecule has 0 aliphatic carbocycles. The smallest absolute Gasteiger partial charge is 0.339 e. The molecule has 0 radical (unpaired) electrons. The van der Waals surface area contributed by atoms with Gasteiger partial charge in [0.05, 0.1) is 12.8 Å². The second kappa shape index (κ2) is 5.14. The number of aryl methyl sites for hydroxylation is 1. The Morgan fingerprint density at radius 2 is 2.22 bits per heavy atom. The fourth-order valence-electron chi connectivity index (χ4n) is 1.63. The second-order valence-electron chi connectivity index (χ2n) is 3.88. The summed E-state index contributed by atoms with van der Waals surface area (Å²) in [4.78, 5) is 10.9. The second-order valence-corrected chi connectivity index (χ2v) is 4.31. The van der Waals surface area contributed by atoms with Gasteiger partial charge in [0.2, 0.25) is 0 Å². The molecule has 0 atom stereocenters. The SMILES string of the molecule is Cc1ccc(Cl)cc1NCc1occc1C(=O)O. The average Bonchev–Trinajstić information content (AvgIpc) is 2.79. The molecule has 94 valence electrons. The number of aromatic carboxylic acids is 1. The van der Waals surface area contributed by atoms with Crippen molar-refractivity contribution in [2.24, 2.45) is 0 Å². The summed E-state index contributed by atoms with van der Waals surface area (Å²) in [5, 5.41) is 12.7. The van der Waals surface area contributed by atoms with Crippen molar-refractivity contribution in [2.75, 3.05) is 5.32 Å². The fraction of sp³-hybridized carbons (Fsp3) is 0.154. The summed E-state index contributed by atoms with van der Waals surface area (Å²) >= 11 is 5.90. The van der Waals surface area contributed by atoms with Gasteiger partial charge in [0, 0.05) is 10.7 Å². The van der Waals surface area contributed by atoms with E-state index in [0.717, 1.165) is 11.3 Å². The summed E-state index contributed by atoms with van der Waals surface area (Å²) < 4.78 is 5.14. The van der Waals surface area contributed by atoms with E-state index in [1.165, 1.54) is 12.3 Å². The number of carbonyl (C=O) groups is 1. The van der Waals surface area contributed by atoms with Gasteiger partial charge in [0.15, 0.2) is 0 Å². The van der Waals surface area contributed by atoms with Gasteiger partial charge in [0.25, 0.3) is 0 Å². The molecular weight excluding hydrogens is 254 g/mol. The molecule has 0 saturated heterocycles. The topological polar surface area (TPSA) is 62.5 Å². The monoisotopic (exact) mass is 265 g/mol. The van der Waals surface area contributed by atoms with E-state index in [-0.39, 0.29) is 5.56 Å². The number of benzene rings is 1. The largest absolute Gasteiger partial charge is 0.478 e. The predicted octanol–water partition coefficient (Wildman–Crippen LogP) is 3.55. The maximum atomic E-state index is 10.9. The standard InChI is InChI=1S/C13H12ClNO3/c1-8-2-3-9(14)6-11(8)15-7-12-10(13(16)17)4-5-18-12/h2-6,15H,7H2,1H3,(H,16,17). The Hall–Kier alpha value is -1.94. The molecule has 0 aliphatic rings. The van der Waals surface area contributed by atoms with Crippen molar-refractivity contribution in [3.05, 3.63) is 52.4 Å². The summed E-state index contributed by atoms with van der Waals surface area (Å²) in [5.41, 5.74) is 2.06. The molecule has 0 bridgehead atoms. The molecule has 1 heterocycles. The van der Waals surface area contributed by atoms with Gasteiger partial charge in [-0.05, 0) is 30.7 Å². The minimum atomic E-state index is -0.997. The summed E-state index contributed by atoms with van der Waals surface area (Å²) in [6, 6.07) is 6.92. The van der Waals surface area contributed by atoms with Gasteiger partial charge in [-0.1, -0.05) is 17.7 Å². The summed E-state index contributed by atoms with van der Waals surface area (Å²) in [5.74, 6) is -0.606. The van der Waals surface area contributed by atoms with E-state index in [0.29, 0.717) is 17.3 Å². The zero-order valence-electron chi connectivity index (χ0n) is 9.74. The van der Waals surface area contributed by atoms with Crippen LogP contribution in [0.5, 0.6) is 0 Å². The summed E-state index contributed by atoms with van der Waals surface area (Å²) in [6.07, 6.45) is 1.37. The Bertz CT molecular complexity index is 577. The van der Waals surface area contributed by atoms with E-state index in [1.54, 1.807) is 12.1 Å². The number of hydrogen-bond acceptors (Lipinski definition) is 3. The van der Waals surface area contributed by atoms with Crippen molar-refractivity contribution in [3.63, 3.8) is 0 Å². The number of carboxylic acid groups (broad SMARTS) is 1. The lowest BCUT2D eigenvalue weighted by Gasteiger charge is -2.09. The number of carboxylic acids is 1. The maximum absolute atomic E-state index is 10.9. The Morgan fingerprint density at radius 3 is 2.94 bits per heavy atom. The Labute approximate surface area is 109 Å². The third-order valence-electron chi connectivity index (χ3n) is 2.61. The molecule has 18 heavy (non-hydrogen) atoms. The number of furan rings is 1. The minimum Gasteiger partial charge on any atom is -0.478 e. The zero-order valence-corrected chi connectivity index (χ0v) is 10.5. The third-order valence-corrected chi connectivity index (χ3v) is 2.85. The van der Waals surface area contributed by atoms with E-state index in [9.17, 15) is 4.79 Å². The quantitative estimate of drug-likeness (QED) is 0.887. The number of nitrogens with one attached hydrogen (secondary N) is 1. The molecule has 0 aliphatic heterocycles. The van der Waals surface area contributed by atoms with Crippen molar-refractivity contribution >= 4 is 23.3 Å². The van der Waals surface area contributed by atoms with Crippen LogP contribution in [0.15, 0.2) is 34.9 Å². The van der Waals surface area contributed by atoms with Gasteiger partial charge in [-0.2, -0.15) is 0 Å². The average molecular weight is 266 g/mol. The van der Waals surface area contributed by atoms with Crippen LogP contribution in [0, 0.1) is 6.92 Å². The molecule has 0 amide bonds. The normalized spacial score (nSPS) is 10.3. The van der Waals surface area contributed by atoms with E-state index >= 15 is 0 Å². The highest BCUT2D eigenvalue weighted by molar-refractivity contribution is 6.30. The Balaban J connectivity index is 2.14. The number of anilines is 1. The highest BCUT2D eigenvalue weighted by Crippen LogP contribution is 2.21. The molecule has 0 unspecified atom stereocenters. The Kier molecular flexibility index (Phi) is 3.58. The Morgan fingerprint density at radius 1 is 1.44 bits per heavy atom. The third kappa shape index (κ3) is 2.65. The van der Waals surface area contributed by atoms with Gasteiger partial charge in [-0.15, -0.1) is 0 Å². The van der Waals surface area contributed by atoms with Crippen LogP contribution < -0.4 is 5.32 Å². The van der Waals surface area contributed by atoms with Crippen LogP contribution in [0.4, 0.5) is 5.69 Å². The van der Waals surface area contributed by atoms with Gasteiger partial charge >= 0.3 is 5.97 Å². The molecular formula is C13H12ClNO3. The van der Waals surface area contributed by atoms with Crippen molar-refractivity contribution in [3.8, 4) is 0 Å². The van der Waals surface area contributed by atoms with Crippen LogP contribution in [0.1, 0.15) is 21.7 Å². The van der Waals surface area contributed by atoms with E-state index < -0.39 is 5.97 Å². The first kappa shape index (κ1) is 12.5. The van der Waals surface area contributed by atoms with Crippen LogP contribution in [-0.2, 0) is 6.54 Å². The fourth-order valence-corrected chi connectivity index (χ4v) is 1.80. The highest BCUT2D eigenvalue weighted by atomic mass is 35.5. The molecule has 1 aromatic heterocycles. The van der Waals surface area contributed by atoms with Gasteiger partial charge in [-0.25, -0.2) is 4.79 Å². The van der Waals surface area contributed by atoms with Gasteiger partial charge < -0.3 is 14.8 Å². The zero-order chi connectivity index (χ0) is 13.1. The number of rotatable bonds is 4. The lowest BCUT2D eigenvalue weighted by molar-refractivity contribution is 0.0694. The van der Waals surface area contributed by atoms with Gasteiger partial charge in [-0.3, -0.25) is 0 Å². The van der Waals surface area contributed by atoms with Crippen LogP contribution >= 0.6 is 11.6 Å². The molecule has 2 rings (SSSR count). The first-order valence-corrected chi connectivity index (χ1v) is 5.75. The summed E-state index contributed by atoms with van der Waals surface area (Å²) in [6.45, 7) is 2.24. The first-order chi connectivity index (χ1) is 8.58. The predicted molar refractivity (Wildman–Crippen MR) is 69.2 cm³/mol. The first-order valence-electron chi connectivity index (χ1n) is 5.37. The molecule has 5 heteroatoms. The molecule has 0 spiro atoms. The highest BCUT2D eigenvalue weighted by Gasteiger charge is 2.13. The summed E-state index contributed by atoms with van der Waals surface area (Å²) in [7, 11) is 0. The van der Waals surface area contributed by atoms with Gasteiger partial charge in [0.1, 0.15) is 11.3 Å². The van der Waals surface area contributed by atoms with Crippen LogP contribution in [0.25, 0.3) is 0 Å². The van der Waals surface area contributed by atoms with E-state index in [4.69, 9.17) is 21.1 Å². The van der Waals surface area contributed by atoms with Crippen molar-refractivity contribution in [2.45, 2.75) is 13.5 Å². The number of halogens is 1. The van der Waals surface area contributed by atoms with Crippen molar-refractivity contribution < 1.29 is 14.3 Å². The van der Waals surface area contributed by atoms with E-state index in [2.05, 4.69) is 5.32 Å². The minimum absolute atomic E-state index is 0.169. The van der Waals surface area contributed by atoms with Crippen molar-refractivity contribution in [1.29, 1.82) is 0 Å². The van der Waals surface area contributed by atoms with Crippen molar-refractivity contribution in [1.82, 2.24) is 0 Å². The molecule has 2 aromatic rings. The lowest BCUT2D eigenvalue weighted by atomic mass is 10.2. The van der Waals surface area contributed by atoms with E-state index in [1.807, 2.05) is 13.0 Å². The van der Waals surface area contributed by atoms with Crippen LogP contribution in [0.3, 0.4) is 0 Å². The number of hydrogen-bond donors (Lipinski definition) is 2. The van der Waals surface area contributed by atoms with Crippen LogP contribution in [-0.4, -0.2) is 11.1 Å². The molecule has 0 saturated carbocycles. The molecule has 1 aromatic carbocycles.